The number of carbonyl (C=O) groups is 1. The standard InChI is InChI=1S/C19H23NO2/c1-19(2,16-9-5-3-6-10-16)15-20-18(21)13-14-22-17-11-7-4-8-12-17/h3-12H,13-15H2,1-2H3,(H,20,21). The van der Waals surface area contributed by atoms with E-state index in [1.807, 2.05) is 48.5 Å². The molecule has 116 valence electrons. The van der Waals surface area contributed by atoms with E-state index in [1.165, 1.54) is 5.56 Å². The highest BCUT2D eigenvalue weighted by atomic mass is 16.5. The summed E-state index contributed by atoms with van der Waals surface area (Å²) < 4.78 is 5.53. The van der Waals surface area contributed by atoms with Gasteiger partial charge in [-0.15, -0.1) is 0 Å². The van der Waals surface area contributed by atoms with Crippen molar-refractivity contribution in [3.63, 3.8) is 0 Å². The second-order valence-electron chi connectivity index (χ2n) is 5.94. The Bertz CT molecular complexity index is 579. The quantitative estimate of drug-likeness (QED) is 0.848. The van der Waals surface area contributed by atoms with Gasteiger partial charge < -0.3 is 10.1 Å². The van der Waals surface area contributed by atoms with Crippen LogP contribution in [0.3, 0.4) is 0 Å². The van der Waals surface area contributed by atoms with Crippen LogP contribution in [0.1, 0.15) is 25.8 Å². The van der Waals surface area contributed by atoms with Gasteiger partial charge in [0, 0.05) is 12.0 Å². The molecule has 0 saturated heterocycles. The fraction of sp³-hybridized carbons (Fsp3) is 0.316. The SMILES string of the molecule is CC(C)(CNC(=O)CCOc1ccccc1)c1ccccc1. The molecule has 0 spiro atoms. The number of amides is 1. The summed E-state index contributed by atoms with van der Waals surface area (Å²) in [5.74, 6) is 0.805. The number of carbonyl (C=O) groups excluding carboxylic acids is 1. The zero-order chi connectivity index (χ0) is 15.8. The number of nitrogens with one attached hydrogen (secondary N) is 1. The van der Waals surface area contributed by atoms with Crippen molar-refractivity contribution >= 4 is 5.91 Å². The fourth-order valence-corrected chi connectivity index (χ4v) is 2.18. The van der Waals surface area contributed by atoms with Crippen LogP contribution in [0, 0.1) is 0 Å². The fourth-order valence-electron chi connectivity index (χ4n) is 2.18. The Hall–Kier alpha value is -2.29. The molecule has 0 aliphatic rings. The van der Waals surface area contributed by atoms with Crippen molar-refractivity contribution in [3.8, 4) is 5.75 Å². The molecule has 0 aromatic heterocycles. The lowest BCUT2D eigenvalue weighted by atomic mass is 9.84. The molecule has 0 radical (unpaired) electrons. The van der Waals surface area contributed by atoms with Crippen LogP contribution in [0.25, 0.3) is 0 Å². The first-order chi connectivity index (χ1) is 10.6. The first kappa shape index (κ1) is 16.1. The second-order valence-corrected chi connectivity index (χ2v) is 5.94. The summed E-state index contributed by atoms with van der Waals surface area (Å²) in [6.07, 6.45) is 0.361. The monoisotopic (exact) mass is 297 g/mol. The Labute approximate surface area is 132 Å². The van der Waals surface area contributed by atoms with Crippen molar-refractivity contribution in [2.75, 3.05) is 13.2 Å². The van der Waals surface area contributed by atoms with Gasteiger partial charge in [0.2, 0.25) is 5.91 Å². The Morgan fingerprint density at radius 3 is 2.23 bits per heavy atom. The maximum absolute atomic E-state index is 11.9. The lowest BCUT2D eigenvalue weighted by Gasteiger charge is -2.25. The van der Waals surface area contributed by atoms with Gasteiger partial charge in [-0.25, -0.2) is 0 Å². The van der Waals surface area contributed by atoms with E-state index in [1.54, 1.807) is 0 Å². The van der Waals surface area contributed by atoms with E-state index in [9.17, 15) is 4.79 Å². The number of hydrogen-bond donors (Lipinski definition) is 1. The van der Waals surface area contributed by atoms with Crippen LogP contribution in [0.4, 0.5) is 0 Å². The zero-order valence-electron chi connectivity index (χ0n) is 13.2. The van der Waals surface area contributed by atoms with Crippen molar-refractivity contribution in [2.24, 2.45) is 0 Å². The predicted molar refractivity (Wildman–Crippen MR) is 89.0 cm³/mol. The van der Waals surface area contributed by atoms with Gasteiger partial charge in [-0.1, -0.05) is 62.4 Å². The average Bonchev–Trinajstić information content (AvgIpc) is 2.55. The van der Waals surface area contributed by atoms with Crippen LogP contribution in [0.2, 0.25) is 0 Å². The molecular formula is C19H23NO2. The van der Waals surface area contributed by atoms with Crippen molar-refractivity contribution < 1.29 is 9.53 Å². The molecule has 2 aromatic rings. The minimum absolute atomic E-state index is 0.0138. The smallest absolute Gasteiger partial charge is 0.223 e. The van der Waals surface area contributed by atoms with Gasteiger partial charge in [0.1, 0.15) is 5.75 Å². The van der Waals surface area contributed by atoms with Crippen LogP contribution < -0.4 is 10.1 Å². The highest BCUT2D eigenvalue weighted by Crippen LogP contribution is 2.21. The van der Waals surface area contributed by atoms with Gasteiger partial charge in [-0.05, 0) is 17.7 Å². The van der Waals surface area contributed by atoms with Crippen LogP contribution in [-0.4, -0.2) is 19.1 Å². The maximum Gasteiger partial charge on any atom is 0.223 e. The Morgan fingerprint density at radius 1 is 1.00 bits per heavy atom. The van der Waals surface area contributed by atoms with Crippen molar-refractivity contribution in [3.05, 3.63) is 66.2 Å². The molecule has 0 aliphatic heterocycles. The van der Waals surface area contributed by atoms with E-state index in [2.05, 4.69) is 31.3 Å². The van der Waals surface area contributed by atoms with E-state index in [0.29, 0.717) is 19.6 Å². The Balaban J connectivity index is 1.73. The molecule has 0 aliphatic carbocycles. The molecular weight excluding hydrogens is 274 g/mol. The molecule has 22 heavy (non-hydrogen) atoms. The molecule has 0 bridgehead atoms. The van der Waals surface area contributed by atoms with Crippen molar-refractivity contribution in [1.82, 2.24) is 5.32 Å². The summed E-state index contributed by atoms with van der Waals surface area (Å²) in [5.41, 5.74) is 1.13. The number of para-hydroxylation sites is 1. The molecule has 0 atom stereocenters. The highest BCUT2D eigenvalue weighted by Gasteiger charge is 2.20. The molecule has 2 rings (SSSR count). The normalized spacial score (nSPS) is 11.0. The van der Waals surface area contributed by atoms with E-state index < -0.39 is 0 Å². The summed E-state index contributed by atoms with van der Waals surface area (Å²) in [7, 11) is 0. The first-order valence-corrected chi connectivity index (χ1v) is 7.58. The molecule has 0 heterocycles. The van der Waals surface area contributed by atoms with Gasteiger partial charge in [0.15, 0.2) is 0 Å². The molecule has 3 nitrogen and oxygen atoms in total. The molecule has 1 amide bonds. The van der Waals surface area contributed by atoms with Crippen molar-refractivity contribution in [1.29, 1.82) is 0 Å². The van der Waals surface area contributed by atoms with E-state index in [0.717, 1.165) is 5.75 Å². The minimum Gasteiger partial charge on any atom is -0.493 e. The second kappa shape index (κ2) is 7.64. The van der Waals surface area contributed by atoms with E-state index in [4.69, 9.17) is 4.74 Å². The van der Waals surface area contributed by atoms with Gasteiger partial charge >= 0.3 is 0 Å². The third kappa shape index (κ3) is 4.92. The van der Waals surface area contributed by atoms with Crippen LogP contribution in [0.5, 0.6) is 5.75 Å². The third-order valence-corrected chi connectivity index (χ3v) is 3.62. The zero-order valence-corrected chi connectivity index (χ0v) is 13.2. The first-order valence-electron chi connectivity index (χ1n) is 7.58. The number of rotatable bonds is 7. The van der Waals surface area contributed by atoms with Gasteiger partial charge in [-0.2, -0.15) is 0 Å². The summed E-state index contributed by atoms with van der Waals surface area (Å²) in [6.45, 7) is 5.26. The molecule has 0 unspecified atom stereocenters. The van der Waals surface area contributed by atoms with Crippen LogP contribution in [-0.2, 0) is 10.2 Å². The highest BCUT2D eigenvalue weighted by molar-refractivity contribution is 5.76. The number of benzene rings is 2. The Kier molecular flexibility index (Phi) is 5.59. The van der Waals surface area contributed by atoms with Gasteiger partial charge in [0.05, 0.1) is 13.0 Å². The summed E-state index contributed by atoms with van der Waals surface area (Å²) in [4.78, 5) is 11.9. The predicted octanol–water partition coefficient (Wildman–Crippen LogP) is 3.55. The molecule has 0 fully saturated rings. The van der Waals surface area contributed by atoms with E-state index >= 15 is 0 Å². The summed E-state index contributed by atoms with van der Waals surface area (Å²) in [5, 5.41) is 2.99. The number of ether oxygens (including phenoxy) is 1. The lowest BCUT2D eigenvalue weighted by molar-refractivity contribution is -0.121. The maximum atomic E-state index is 11.9. The summed E-state index contributed by atoms with van der Waals surface area (Å²) in [6, 6.07) is 19.8. The molecule has 0 saturated carbocycles. The van der Waals surface area contributed by atoms with Crippen molar-refractivity contribution in [2.45, 2.75) is 25.7 Å². The van der Waals surface area contributed by atoms with Gasteiger partial charge in [0.25, 0.3) is 0 Å². The number of hydrogen-bond acceptors (Lipinski definition) is 2. The minimum atomic E-state index is -0.0861. The third-order valence-electron chi connectivity index (χ3n) is 3.62. The van der Waals surface area contributed by atoms with Crippen LogP contribution in [0.15, 0.2) is 60.7 Å². The van der Waals surface area contributed by atoms with Gasteiger partial charge in [-0.3, -0.25) is 4.79 Å². The van der Waals surface area contributed by atoms with E-state index in [-0.39, 0.29) is 11.3 Å². The average molecular weight is 297 g/mol. The molecule has 1 N–H and O–H groups in total. The summed E-state index contributed by atoms with van der Waals surface area (Å²) >= 11 is 0. The largest absolute Gasteiger partial charge is 0.493 e. The topological polar surface area (TPSA) is 38.3 Å². The lowest BCUT2D eigenvalue weighted by Crippen LogP contribution is -2.37. The Morgan fingerprint density at radius 2 is 1.59 bits per heavy atom. The van der Waals surface area contributed by atoms with Crippen LogP contribution >= 0.6 is 0 Å². The molecule has 2 aromatic carbocycles. The molecule has 3 heteroatoms.